The van der Waals surface area contributed by atoms with E-state index >= 15 is 0 Å². The highest BCUT2D eigenvalue weighted by molar-refractivity contribution is 14.1. The molecule has 3 aromatic rings. The van der Waals surface area contributed by atoms with E-state index < -0.39 is 6.04 Å². The van der Waals surface area contributed by atoms with Crippen molar-refractivity contribution in [3.05, 3.63) is 99.1 Å². The predicted molar refractivity (Wildman–Crippen MR) is 120 cm³/mol. The quantitative estimate of drug-likeness (QED) is 0.479. The maximum Gasteiger partial charge on any atom is 0.251 e. The first-order chi connectivity index (χ1) is 13.5. The maximum absolute atomic E-state index is 12.6. The largest absolute Gasteiger partial charge is 0.345 e. The molecule has 0 aliphatic carbocycles. The number of amides is 2. The number of carbonyl (C=O) groups is 2. The predicted octanol–water partition coefficient (Wildman–Crippen LogP) is 5.10. The molecule has 28 heavy (non-hydrogen) atoms. The van der Waals surface area contributed by atoms with Gasteiger partial charge in [-0.25, -0.2) is 0 Å². The fraction of sp³-hybridized carbons (Fsp3) is 0.130. The smallest absolute Gasteiger partial charge is 0.251 e. The summed E-state index contributed by atoms with van der Waals surface area (Å²) in [4.78, 5) is 25.3. The van der Waals surface area contributed by atoms with Gasteiger partial charge in [-0.05, 0) is 71.0 Å². The molecule has 4 nitrogen and oxygen atoms in total. The molecule has 2 N–H and O–H groups in total. The van der Waals surface area contributed by atoms with Gasteiger partial charge in [0.25, 0.3) is 5.91 Å². The van der Waals surface area contributed by atoms with Crippen molar-refractivity contribution in [2.75, 3.05) is 5.32 Å². The van der Waals surface area contributed by atoms with Gasteiger partial charge in [0.05, 0.1) is 12.5 Å². The van der Waals surface area contributed by atoms with Crippen LogP contribution in [-0.4, -0.2) is 11.8 Å². The van der Waals surface area contributed by atoms with Gasteiger partial charge in [-0.15, -0.1) is 0 Å². The Balaban J connectivity index is 1.74. The van der Waals surface area contributed by atoms with E-state index in [4.69, 9.17) is 0 Å². The Morgan fingerprint density at radius 2 is 1.57 bits per heavy atom. The van der Waals surface area contributed by atoms with Crippen LogP contribution < -0.4 is 10.6 Å². The first kappa shape index (κ1) is 20.1. The summed E-state index contributed by atoms with van der Waals surface area (Å²) in [6, 6.07) is 23.9. The summed E-state index contributed by atoms with van der Waals surface area (Å²) in [7, 11) is 0. The summed E-state index contributed by atoms with van der Waals surface area (Å²) in [6.07, 6.45) is 0.146. The summed E-state index contributed by atoms with van der Waals surface area (Å²) >= 11 is 2.26. The van der Waals surface area contributed by atoms with E-state index in [0.717, 1.165) is 20.4 Å². The molecule has 1 atom stereocenters. The van der Waals surface area contributed by atoms with E-state index in [-0.39, 0.29) is 18.2 Å². The number of nitrogens with one attached hydrogen (secondary N) is 2. The summed E-state index contributed by atoms with van der Waals surface area (Å²) in [5, 5.41) is 5.92. The molecule has 0 aliphatic heterocycles. The Kier molecular flexibility index (Phi) is 6.81. The summed E-state index contributed by atoms with van der Waals surface area (Å²) in [5.41, 5.74) is 3.32. The number of carbonyl (C=O) groups excluding carboxylic acids is 2. The number of hydrogen-bond acceptors (Lipinski definition) is 2. The van der Waals surface area contributed by atoms with Crippen molar-refractivity contribution in [3.63, 3.8) is 0 Å². The van der Waals surface area contributed by atoms with E-state index in [2.05, 4.69) is 33.2 Å². The molecule has 5 heteroatoms. The minimum Gasteiger partial charge on any atom is -0.345 e. The van der Waals surface area contributed by atoms with E-state index in [1.54, 1.807) is 12.1 Å². The third kappa shape index (κ3) is 5.42. The van der Waals surface area contributed by atoms with Crippen molar-refractivity contribution in [1.29, 1.82) is 0 Å². The number of rotatable bonds is 6. The van der Waals surface area contributed by atoms with Crippen LogP contribution in [-0.2, 0) is 4.79 Å². The maximum atomic E-state index is 12.6. The number of aryl methyl sites for hydroxylation is 1. The molecular weight excluding hydrogens is 463 g/mol. The van der Waals surface area contributed by atoms with Gasteiger partial charge in [0, 0.05) is 14.8 Å². The van der Waals surface area contributed by atoms with Crippen LogP contribution in [0.25, 0.3) is 0 Å². The number of halogens is 1. The minimum atomic E-state index is -0.418. The van der Waals surface area contributed by atoms with Crippen molar-refractivity contribution in [2.24, 2.45) is 0 Å². The van der Waals surface area contributed by atoms with Gasteiger partial charge in [0.15, 0.2) is 0 Å². The van der Waals surface area contributed by atoms with Gasteiger partial charge in [0.1, 0.15) is 0 Å². The Morgan fingerprint density at radius 1 is 0.929 bits per heavy atom. The van der Waals surface area contributed by atoms with Crippen LogP contribution in [0.5, 0.6) is 0 Å². The lowest BCUT2D eigenvalue weighted by atomic mass is 10.0. The molecule has 0 radical (unpaired) electrons. The van der Waals surface area contributed by atoms with Crippen LogP contribution >= 0.6 is 22.6 Å². The second-order valence-electron chi connectivity index (χ2n) is 6.52. The lowest BCUT2D eigenvalue weighted by Gasteiger charge is -2.19. The van der Waals surface area contributed by atoms with E-state index in [9.17, 15) is 9.59 Å². The van der Waals surface area contributed by atoms with Crippen molar-refractivity contribution in [1.82, 2.24) is 5.32 Å². The standard InChI is InChI=1S/C23H21IN2O2/c1-16-14-19(12-13-20(16)24)25-22(27)15-21(17-8-4-2-5-9-17)26-23(28)18-10-6-3-7-11-18/h2-14,21H,15H2,1H3,(H,25,27)(H,26,28)/t21-/m0/s1. The van der Waals surface area contributed by atoms with Crippen LogP contribution in [0.1, 0.15) is 33.9 Å². The van der Waals surface area contributed by atoms with Crippen LogP contribution in [0.15, 0.2) is 78.9 Å². The lowest BCUT2D eigenvalue weighted by Crippen LogP contribution is -2.31. The molecule has 0 fully saturated rings. The first-order valence-electron chi connectivity index (χ1n) is 9.00. The van der Waals surface area contributed by atoms with Crippen molar-refractivity contribution in [2.45, 2.75) is 19.4 Å². The third-order valence-corrected chi connectivity index (χ3v) is 5.58. The van der Waals surface area contributed by atoms with Gasteiger partial charge >= 0.3 is 0 Å². The molecule has 0 heterocycles. The molecule has 142 valence electrons. The fourth-order valence-electron chi connectivity index (χ4n) is 2.89. The minimum absolute atomic E-state index is 0.146. The molecule has 0 bridgehead atoms. The zero-order valence-electron chi connectivity index (χ0n) is 15.5. The molecule has 0 aliphatic rings. The second-order valence-corrected chi connectivity index (χ2v) is 7.68. The normalized spacial score (nSPS) is 11.5. The zero-order chi connectivity index (χ0) is 19.9. The average Bonchev–Trinajstić information content (AvgIpc) is 2.71. The van der Waals surface area contributed by atoms with Crippen LogP contribution in [0.4, 0.5) is 5.69 Å². The Labute approximate surface area is 178 Å². The molecule has 0 spiro atoms. The molecule has 0 saturated carbocycles. The molecule has 0 unspecified atom stereocenters. The topological polar surface area (TPSA) is 58.2 Å². The van der Waals surface area contributed by atoms with Crippen molar-refractivity contribution >= 4 is 40.1 Å². The fourth-order valence-corrected chi connectivity index (χ4v) is 3.22. The molecule has 3 aromatic carbocycles. The van der Waals surface area contributed by atoms with E-state index in [1.165, 1.54) is 0 Å². The van der Waals surface area contributed by atoms with Crippen molar-refractivity contribution < 1.29 is 9.59 Å². The summed E-state index contributed by atoms with van der Waals surface area (Å²) < 4.78 is 1.15. The molecule has 0 saturated heterocycles. The molecule has 3 rings (SSSR count). The van der Waals surface area contributed by atoms with E-state index in [1.807, 2.05) is 73.7 Å². The van der Waals surface area contributed by atoms with Crippen LogP contribution in [0.2, 0.25) is 0 Å². The third-order valence-electron chi connectivity index (χ3n) is 4.37. The summed E-state index contributed by atoms with van der Waals surface area (Å²) in [6.45, 7) is 2.00. The Bertz CT molecular complexity index is 959. The zero-order valence-corrected chi connectivity index (χ0v) is 17.6. The van der Waals surface area contributed by atoms with Gasteiger partial charge in [-0.2, -0.15) is 0 Å². The number of benzene rings is 3. The van der Waals surface area contributed by atoms with Crippen molar-refractivity contribution in [3.8, 4) is 0 Å². The second kappa shape index (κ2) is 9.50. The van der Waals surface area contributed by atoms with E-state index in [0.29, 0.717) is 5.56 Å². The van der Waals surface area contributed by atoms with Crippen LogP contribution in [0.3, 0.4) is 0 Å². The lowest BCUT2D eigenvalue weighted by molar-refractivity contribution is -0.116. The van der Waals surface area contributed by atoms with Gasteiger partial charge < -0.3 is 10.6 Å². The summed E-state index contributed by atoms with van der Waals surface area (Å²) in [5.74, 6) is -0.352. The number of hydrogen-bond donors (Lipinski definition) is 2. The molecular formula is C23H21IN2O2. The highest BCUT2D eigenvalue weighted by Gasteiger charge is 2.19. The van der Waals surface area contributed by atoms with Gasteiger partial charge in [0.2, 0.25) is 5.91 Å². The Morgan fingerprint density at radius 3 is 2.21 bits per heavy atom. The van der Waals surface area contributed by atoms with Gasteiger partial charge in [-0.1, -0.05) is 48.5 Å². The average molecular weight is 484 g/mol. The molecule has 0 aromatic heterocycles. The van der Waals surface area contributed by atoms with Crippen LogP contribution in [0, 0.1) is 10.5 Å². The monoisotopic (exact) mass is 484 g/mol. The highest BCUT2D eigenvalue weighted by atomic mass is 127. The number of anilines is 1. The highest BCUT2D eigenvalue weighted by Crippen LogP contribution is 2.20. The SMILES string of the molecule is Cc1cc(NC(=O)C[C@H](NC(=O)c2ccccc2)c2ccccc2)ccc1I. The first-order valence-corrected chi connectivity index (χ1v) is 10.1. The molecule has 2 amide bonds. The Hall–Kier alpha value is -2.67. The van der Waals surface area contributed by atoms with Gasteiger partial charge in [-0.3, -0.25) is 9.59 Å².